The summed E-state index contributed by atoms with van der Waals surface area (Å²) in [6.45, 7) is 7.76. The maximum absolute atomic E-state index is 10.3. The first-order chi connectivity index (χ1) is 16.3. The van der Waals surface area contributed by atoms with Crippen LogP contribution in [0.5, 0.6) is 0 Å². The first-order valence-corrected chi connectivity index (χ1v) is 14.1. The Morgan fingerprint density at radius 3 is 2.74 bits per heavy atom. The number of fused-ring (bicyclic) bond motifs is 6. The molecule has 1 N–H and O–H groups in total. The van der Waals surface area contributed by atoms with Crippen molar-refractivity contribution in [2.75, 3.05) is 0 Å². The zero-order valence-electron chi connectivity index (χ0n) is 21.8. The van der Waals surface area contributed by atoms with Crippen molar-refractivity contribution in [1.82, 2.24) is 9.55 Å². The van der Waals surface area contributed by atoms with Gasteiger partial charge in [-0.05, 0) is 110 Å². The summed E-state index contributed by atoms with van der Waals surface area (Å²) in [5.41, 5.74) is 4.84. The van der Waals surface area contributed by atoms with Gasteiger partial charge in [0.1, 0.15) is 5.82 Å². The molecule has 34 heavy (non-hydrogen) atoms. The molecule has 3 fully saturated rings. The van der Waals surface area contributed by atoms with E-state index >= 15 is 0 Å². The Hall–Kier alpha value is -1.61. The summed E-state index contributed by atoms with van der Waals surface area (Å²) in [6.07, 6.45) is 14.9. The number of aromatic nitrogens is 2. The number of benzene rings is 1. The average molecular weight is 461 g/mol. The number of aryl methyl sites for hydroxylation is 2. The van der Waals surface area contributed by atoms with Crippen molar-refractivity contribution in [2.45, 2.75) is 91.1 Å². The van der Waals surface area contributed by atoms with Gasteiger partial charge in [-0.25, -0.2) is 4.98 Å². The molecule has 0 spiro atoms. The first kappa shape index (κ1) is 22.8. The number of hydrogen-bond acceptors (Lipinski definition) is 2. The Morgan fingerprint density at radius 1 is 1.09 bits per heavy atom. The number of aliphatic hydroxyl groups is 1. The summed E-state index contributed by atoms with van der Waals surface area (Å²) in [5, 5.41) is 10.3. The van der Waals surface area contributed by atoms with E-state index in [4.69, 9.17) is 4.98 Å². The van der Waals surface area contributed by atoms with Gasteiger partial charge in [0.25, 0.3) is 0 Å². The summed E-state index contributed by atoms with van der Waals surface area (Å²) in [6, 6.07) is 8.54. The second kappa shape index (κ2) is 8.22. The lowest BCUT2D eigenvalue weighted by atomic mass is 9.47. The van der Waals surface area contributed by atoms with Crippen LogP contribution < -0.4 is 0 Å². The van der Waals surface area contributed by atoms with E-state index in [1.54, 1.807) is 5.57 Å². The number of imidazole rings is 1. The summed E-state index contributed by atoms with van der Waals surface area (Å²) >= 11 is 0. The Kier molecular flexibility index (Phi) is 5.52. The molecular formula is C31H44N2O. The third-order valence-electron chi connectivity index (χ3n) is 11.5. The zero-order valence-corrected chi connectivity index (χ0v) is 21.8. The van der Waals surface area contributed by atoms with E-state index in [1.165, 1.54) is 56.3 Å². The number of hydrogen-bond donors (Lipinski definition) is 1. The van der Waals surface area contributed by atoms with Gasteiger partial charge < -0.3 is 9.67 Å². The van der Waals surface area contributed by atoms with Crippen molar-refractivity contribution in [3.63, 3.8) is 0 Å². The monoisotopic (exact) mass is 460 g/mol. The molecule has 0 radical (unpaired) electrons. The van der Waals surface area contributed by atoms with Gasteiger partial charge >= 0.3 is 0 Å². The molecule has 0 bridgehead atoms. The molecule has 1 heterocycles. The minimum Gasteiger partial charge on any atom is -0.393 e. The second-order valence-corrected chi connectivity index (χ2v) is 13.0. The number of nitrogens with zero attached hydrogens (tertiary/aromatic N) is 2. The van der Waals surface area contributed by atoms with Crippen LogP contribution in [-0.2, 0) is 13.5 Å². The van der Waals surface area contributed by atoms with Crippen molar-refractivity contribution < 1.29 is 5.11 Å². The fourth-order valence-corrected chi connectivity index (χ4v) is 9.59. The molecule has 0 saturated heterocycles. The van der Waals surface area contributed by atoms with E-state index in [9.17, 15) is 5.11 Å². The van der Waals surface area contributed by atoms with Gasteiger partial charge in [0.2, 0.25) is 0 Å². The molecule has 3 saturated carbocycles. The summed E-state index contributed by atoms with van der Waals surface area (Å²) in [7, 11) is 2.18. The quantitative estimate of drug-likeness (QED) is 0.495. The van der Waals surface area contributed by atoms with Crippen LogP contribution in [-0.4, -0.2) is 20.8 Å². The average Bonchev–Trinajstić information content (AvgIpc) is 3.35. The molecule has 0 unspecified atom stereocenters. The lowest BCUT2D eigenvalue weighted by Crippen LogP contribution is -2.50. The van der Waals surface area contributed by atoms with Crippen molar-refractivity contribution in [3.8, 4) is 0 Å². The van der Waals surface area contributed by atoms with Gasteiger partial charge in [0, 0.05) is 13.5 Å². The maximum atomic E-state index is 10.3. The van der Waals surface area contributed by atoms with Crippen molar-refractivity contribution in [3.05, 3.63) is 41.7 Å². The van der Waals surface area contributed by atoms with Gasteiger partial charge in [-0.2, -0.15) is 0 Å². The topological polar surface area (TPSA) is 38.0 Å². The minimum atomic E-state index is -0.0993. The van der Waals surface area contributed by atoms with Crippen molar-refractivity contribution >= 4 is 11.0 Å². The zero-order chi connectivity index (χ0) is 23.7. The van der Waals surface area contributed by atoms with E-state index in [-0.39, 0.29) is 6.10 Å². The molecule has 4 aliphatic rings. The predicted octanol–water partition coefficient (Wildman–Crippen LogP) is 7.08. The molecule has 0 amide bonds. The molecule has 4 aliphatic carbocycles. The maximum Gasteiger partial charge on any atom is 0.109 e. The summed E-state index contributed by atoms with van der Waals surface area (Å²) in [5.74, 6) is 5.43. The third kappa shape index (κ3) is 3.36. The lowest BCUT2D eigenvalue weighted by Gasteiger charge is -2.58. The van der Waals surface area contributed by atoms with Crippen LogP contribution in [0.1, 0.15) is 84.4 Å². The Bertz CT molecular complexity index is 1100. The normalized spacial score (nSPS) is 40.4. The van der Waals surface area contributed by atoms with E-state index in [1.807, 2.05) is 0 Å². The number of allylic oxidation sites excluding steroid dienone is 1. The number of aliphatic hydroxyl groups excluding tert-OH is 1. The fourth-order valence-electron chi connectivity index (χ4n) is 9.59. The Morgan fingerprint density at radius 2 is 1.91 bits per heavy atom. The molecule has 1 aromatic heterocycles. The minimum absolute atomic E-state index is 0.0993. The molecule has 1 aromatic carbocycles. The highest BCUT2D eigenvalue weighted by Crippen LogP contribution is 2.67. The number of rotatable bonds is 4. The lowest BCUT2D eigenvalue weighted by molar-refractivity contribution is -0.0571. The SMILES string of the molecule is C[C@H](CCc1nc2ccccc2n1C)[C@H]1CC[C@H]2[C@@H]3CC=C4C[C@@H](O)CC[C@]4(C)[C@H]3CC[C@]12C. The molecular weight excluding hydrogens is 416 g/mol. The van der Waals surface area contributed by atoms with Gasteiger partial charge in [-0.1, -0.05) is 44.6 Å². The van der Waals surface area contributed by atoms with E-state index in [0.29, 0.717) is 10.8 Å². The van der Waals surface area contributed by atoms with E-state index in [0.717, 1.165) is 54.4 Å². The number of para-hydroxylation sites is 2. The van der Waals surface area contributed by atoms with Crippen LogP contribution in [0.4, 0.5) is 0 Å². The molecule has 3 heteroatoms. The molecule has 184 valence electrons. The van der Waals surface area contributed by atoms with Crippen molar-refractivity contribution in [2.24, 2.45) is 47.5 Å². The second-order valence-electron chi connectivity index (χ2n) is 13.0. The molecule has 8 atom stereocenters. The Labute approximate surface area is 206 Å². The highest BCUT2D eigenvalue weighted by molar-refractivity contribution is 5.75. The largest absolute Gasteiger partial charge is 0.393 e. The molecule has 0 aliphatic heterocycles. The van der Waals surface area contributed by atoms with Crippen LogP contribution in [0.25, 0.3) is 11.0 Å². The fraction of sp³-hybridized carbons (Fsp3) is 0.710. The Balaban J connectivity index is 1.18. The smallest absolute Gasteiger partial charge is 0.109 e. The van der Waals surface area contributed by atoms with Gasteiger partial charge in [-0.15, -0.1) is 0 Å². The molecule has 3 nitrogen and oxygen atoms in total. The highest BCUT2D eigenvalue weighted by atomic mass is 16.3. The van der Waals surface area contributed by atoms with Crippen LogP contribution >= 0.6 is 0 Å². The van der Waals surface area contributed by atoms with Gasteiger partial charge in [0.05, 0.1) is 17.1 Å². The summed E-state index contributed by atoms with van der Waals surface area (Å²) < 4.78 is 2.31. The third-order valence-corrected chi connectivity index (χ3v) is 11.5. The standard InChI is InChI=1S/C31H44N2O/c1-20(9-14-29-32-27-7-5-6-8-28(27)33(29)4)24-12-13-25-23-11-10-21-19-22(34)15-17-30(21,2)26(23)16-18-31(24,25)3/h5-8,10,20,22-26,34H,9,11-19H2,1-4H3/t20-,22+,23+,24-,25+,26+,30+,31-/m1/s1. The van der Waals surface area contributed by atoms with E-state index in [2.05, 4.69) is 62.7 Å². The predicted molar refractivity (Wildman–Crippen MR) is 139 cm³/mol. The van der Waals surface area contributed by atoms with Gasteiger partial charge in [0.15, 0.2) is 0 Å². The van der Waals surface area contributed by atoms with Crippen molar-refractivity contribution in [1.29, 1.82) is 0 Å². The van der Waals surface area contributed by atoms with E-state index < -0.39 is 0 Å². The van der Waals surface area contributed by atoms with Crippen LogP contribution in [0, 0.1) is 40.4 Å². The summed E-state index contributed by atoms with van der Waals surface area (Å²) in [4.78, 5) is 4.95. The molecule has 6 rings (SSSR count). The van der Waals surface area contributed by atoms with Crippen LogP contribution in [0.15, 0.2) is 35.9 Å². The highest BCUT2D eigenvalue weighted by Gasteiger charge is 2.59. The van der Waals surface area contributed by atoms with Gasteiger partial charge in [-0.3, -0.25) is 0 Å². The van der Waals surface area contributed by atoms with Crippen LogP contribution in [0.3, 0.4) is 0 Å². The van der Waals surface area contributed by atoms with Crippen LogP contribution in [0.2, 0.25) is 0 Å². The molecule has 2 aromatic rings. The first-order valence-electron chi connectivity index (χ1n) is 14.1.